The van der Waals surface area contributed by atoms with Crippen LogP contribution in [-0.2, 0) is 23.6 Å². The highest BCUT2D eigenvalue weighted by Crippen LogP contribution is 2.29. The average Bonchev–Trinajstić information content (AvgIpc) is 2.73. The Balaban J connectivity index is 2.43. The SMILES string of the molecule is Cn1ccc(NS(=O)(=O)c2cc(CN)c(Cl)cc2Cl)n1. The summed E-state index contributed by atoms with van der Waals surface area (Å²) in [5.41, 5.74) is 6.01. The van der Waals surface area contributed by atoms with Gasteiger partial charge in [-0.15, -0.1) is 0 Å². The van der Waals surface area contributed by atoms with E-state index in [2.05, 4.69) is 9.82 Å². The molecule has 108 valence electrons. The zero-order valence-electron chi connectivity index (χ0n) is 10.5. The molecule has 0 spiro atoms. The number of nitrogens with one attached hydrogen (secondary N) is 1. The average molecular weight is 335 g/mol. The van der Waals surface area contributed by atoms with Crippen molar-refractivity contribution in [1.82, 2.24) is 9.78 Å². The first kappa shape index (κ1) is 15.1. The quantitative estimate of drug-likeness (QED) is 0.894. The molecule has 20 heavy (non-hydrogen) atoms. The van der Waals surface area contributed by atoms with Crippen LogP contribution in [-0.4, -0.2) is 18.2 Å². The molecule has 6 nitrogen and oxygen atoms in total. The molecule has 0 aliphatic rings. The molecular formula is C11H12Cl2N4O2S. The third-order valence-electron chi connectivity index (χ3n) is 2.56. The number of aromatic nitrogens is 2. The summed E-state index contributed by atoms with van der Waals surface area (Å²) < 4.78 is 28.4. The van der Waals surface area contributed by atoms with Crippen molar-refractivity contribution in [2.45, 2.75) is 11.4 Å². The van der Waals surface area contributed by atoms with Gasteiger partial charge in [-0.25, -0.2) is 8.42 Å². The van der Waals surface area contributed by atoms with Gasteiger partial charge in [0.05, 0.1) is 5.02 Å². The number of halogens is 2. The van der Waals surface area contributed by atoms with Crippen LogP contribution < -0.4 is 10.5 Å². The van der Waals surface area contributed by atoms with Gasteiger partial charge in [0, 0.05) is 30.9 Å². The minimum Gasteiger partial charge on any atom is -0.326 e. The highest BCUT2D eigenvalue weighted by Gasteiger charge is 2.21. The first-order chi connectivity index (χ1) is 9.33. The topological polar surface area (TPSA) is 90.0 Å². The highest BCUT2D eigenvalue weighted by atomic mass is 35.5. The lowest BCUT2D eigenvalue weighted by Crippen LogP contribution is -2.15. The van der Waals surface area contributed by atoms with Gasteiger partial charge in [-0.3, -0.25) is 9.40 Å². The number of benzene rings is 1. The third kappa shape index (κ3) is 3.06. The van der Waals surface area contributed by atoms with E-state index in [0.717, 1.165) is 0 Å². The van der Waals surface area contributed by atoms with Crippen molar-refractivity contribution in [1.29, 1.82) is 0 Å². The van der Waals surface area contributed by atoms with Crippen LogP contribution in [0.3, 0.4) is 0 Å². The van der Waals surface area contributed by atoms with Gasteiger partial charge >= 0.3 is 0 Å². The lowest BCUT2D eigenvalue weighted by Gasteiger charge is -2.10. The molecule has 2 rings (SSSR count). The Hall–Kier alpha value is -1.28. The molecule has 0 bridgehead atoms. The van der Waals surface area contributed by atoms with E-state index in [1.165, 1.54) is 22.9 Å². The lowest BCUT2D eigenvalue weighted by molar-refractivity contribution is 0.600. The number of nitrogens with zero attached hydrogens (tertiary/aromatic N) is 2. The van der Waals surface area contributed by atoms with Crippen molar-refractivity contribution in [3.63, 3.8) is 0 Å². The van der Waals surface area contributed by atoms with Crippen LogP contribution in [0, 0.1) is 0 Å². The molecule has 2 aromatic rings. The van der Waals surface area contributed by atoms with E-state index in [1.807, 2.05) is 0 Å². The van der Waals surface area contributed by atoms with Crippen molar-refractivity contribution in [3.05, 3.63) is 40.0 Å². The molecule has 1 heterocycles. The van der Waals surface area contributed by atoms with Gasteiger partial charge in [0.2, 0.25) is 0 Å². The molecule has 0 amide bonds. The van der Waals surface area contributed by atoms with Crippen LogP contribution in [0.15, 0.2) is 29.3 Å². The van der Waals surface area contributed by atoms with E-state index in [1.54, 1.807) is 13.2 Å². The van der Waals surface area contributed by atoms with Gasteiger partial charge in [0.15, 0.2) is 5.82 Å². The van der Waals surface area contributed by atoms with Crippen molar-refractivity contribution in [2.24, 2.45) is 12.8 Å². The maximum absolute atomic E-state index is 12.3. The molecule has 0 atom stereocenters. The smallest absolute Gasteiger partial charge is 0.264 e. The van der Waals surface area contributed by atoms with Gasteiger partial charge in [-0.05, 0) is 17.7 Å². The van der Waals surface area contributed by atoms with Crippen molar-refractivity contribution in [3.8, 4) is 0 Å². The van der Waals surface area contributed by atoms with E-state index in [-0.39, 0.29) is 22.3 Å². The first-order valence-corrected chi connectivity index (χ1v) is 7.78. The predicted octanol–water partition coefficient (Wildman–Crippen LogP) is 1.99. The summed E-state index contributed by atoms with van der Waals surface area (Å²) in [4.78, 5) is -0.0883. The monoisotopic (exact) mass is 334 g/mol. The van der Waals surface area contributed by atoms with E-state index in [4.69, 9.17) is 28.9 Å². The van der Waals surface area contributed by atoms with Gasteiger partial charge in [0.1, 0.15) is 4.90 Å². The molecule has 1 aromatic carbocycles. The Morgan fingerprint density at radius 3 is 2.60 bits per heavy atom. The van der Waals surface area contributed by atoms with Crippen LogP contribution in [0.1, 0.15) is 5.56 Å². The molecule has 0 saturated carbocycles. The number of hydrogen-bond donors (Lipinski definition) is 2. The fraction of sp³-hybridized carbons (Fsp3) is 0.182. The van der Waals surface area contributed by atoms with Gasteiger partial charge < -0.3 is 5.73 Å². The van der Waals surface area contributed by atoms with Crippen LogP contribution in [0.25, 0.3) is 0 Å². The summed E-state index contributed by atoms with van der Waals surface area (Å²) in [6.45, 7) is 0.113. The zero-order chi connectivity index (χ0) is 14.9. The predicted molar refractivity (Wildman–Crippen MR) is 78.4 cm³/mol. The Kier molecular flexibility index (Phi) is 4.24. The van der Waals surface area contributed by atoms with Gasteiger partial charge in [0.25, 0.3) is 10.0 Å². The van der Waals surface area contributed by atoms with Crippen LogP contribution in [0.2, 0.25) is 10.0 Å². The molecule has 3 N–H and O–H groups in total. The van der Waals surface area contributed by atoms with Gasteiger partial charge in [-0.1, -0.05) is 23.2 Å². The highest BCUT2D eigenvalue weighted by molar-refractivity contribution is 7.92. The Morgan fingerprint density at radius 1 is 1.35 bits per heavy atom. The first-order valence-electron chi connectivity index (χ1n) is 5.54. The summed E-state index contributed by atoms with van der Waals surface area (Å²) in [5, 5.41) is 4.30. The lowest BCUT2D eigenvalue weighted by atomic mass is 10.2. The maximum atomic E-state index is 12.3. The summed E-state index contributed by atoms with van der Waals surface area (Å²) in [6.07, 6.45) is 1.62. The Labute approximate surface area is 126 Å². The molecule has 0 aliphatic heterocycles. The van der Waals surface area contributed by atoms with Crippen LogP contribution in [0.4, 0.5) is 5.82 Å². The number of rotatable bonds is 4. The Morgan fingerprint density at radius 2 is 2.05 bits per heavy atom. The second-order valence-electron chi connectivity index (χ2n) is 4.06. The molecule has 9 heteroatoms. The molecule has 0 aliphatic carbocycles. The van der Waals surface area contributed by atoms with E-state index in [0.29, 0.717) is 10.6 Å². The standard InChI is InChI=1S/C11H12Cl2N4O2S/c1-17-3-2-11(15-17)16-20(18,19)10-4-7(6-14)8(12)5-9(10)13/h2-5H,6,14H2,1H3,(H,15,16). The molecule has 1 aromatic heterocycles. The number of sulfonamides is 1. The minimum absolute atomic E-state index is 0.0237. The van der Waals surface area contributed by atoms with E-state index >= 15 is 0 Å². The van der Waals surface area contributed by atoms with Crippen LogP contribution >= 0.6 is 23.2 Å². The van der Waals surface area contributed by atoms with E-state index < -0.39 is 10.0 Å². The normalized spacial score (nSPS) is 11.6. The third-order valence-corrected chi connectivity index (χ3v) is 4.73. The van der Waals surface area contributed by atoms with Crippen molar-refractivity contribution < 1.29 is 8.42 Å². The zero-order valence-corrected chi connectivity index (χ0v) is 12.8. The largest absolute Gasteiger partial charge is 0.326 e. The molecule has 0 saturated heterocycles. The summed E-state index contributed by atoms with van der Waals surface area (Å²) in [6, 6.07) is 4.25. The Bertz CT molecular complexity index is 743. The fourth-order valence-corrected chi connectivity index (χ4v) is 3.47. The summed E-state index contributed by atoms with van der Waals surface area (Å²) in [7, 11) is -2.17. The maximum Gasteiger partial charge on any atom is 0.264 e. The molecular weight excluding hydrogens is 323 g/mol. The summed E-state index contributed by atoms with van der Waals surface area (Å²) >= 11 is 11.9. The van der Waals surface area contributed by atoms with Gasteiger partial charge in [-0.2, -0.15) is 5.10 Å². The molecule has 0 radical (unpaired) electrons. The van der Waals surface area contributed by atoms with E-state index in [9.17, 15) is 8.42 Å². The minimum atomic E-state index is -3.85. The van der Waals surface area contributed by atoms with Crippen molar-refractivity contribution >= 4 is 39.0 Å². The fourth-order valence-electron chi connectivity index (χ4n) is 1.60. The molecule has 0 unspecified atom stereocenters. The number of aryl methyl sites for hydroxylation is 1. The summed E-state index contributed by atoms with van der Waals surface area (Å²) in [5.74, 6) is 0.202. The number of anilines is 1. The second-order valence-corrected chi connectivity index (χ2v) is 6.52. The number of nitrogens with two attached hydrogens (primary N) is 1. The number of hydrogen-bond acceptors (Lipinski definition) is 4. The second kappa shape index (κ2) is 5.61. The van der Waals surface area contributed by atoms with Crippen LogP contribution in [0.5, 0.6) is 0 Å². The van der Waals surface area contributed by atoms with Crippen molar-refractivity contribution in [2.75, 3.05) is 4.72 Å². The molecule has 0 fully saturated rings.